The third kappa shape index (κ3) is 3.23. The minimum absolute atomic E-state index is 0.570. The molecule has 17 heavy (non-hydrogen) atoms. The van der Waals surface area contributed by atoms with Gasteiger partial charge in [0.05, 0.1) is 0 Å². The second-order valence-corrected chi connectivity index (χ2v) is 4.63. The average Bonchev–Trinajstić information content (AvgIpc) is 2.84. The Kier molecular flexibility index (Phi) is 4.07. The highest BCUT2D eigenvalue weighted by Gasteiger charge is 2.18. The summed E-state index contributed by atoms with van der Waals surface area (Å²) < 4.78 is 25.8. The molecule has 0 saturated carbocycles. The zero-order chi connectivity index (χ0) is 12.3. The van der Waals surface area contributed by atoms with Crippen LogP contribution in [0.2, 0.25) is 0 Å². The summed E-state index contributed by atoms with van der Waals surface area (Å²) in [5.74, 6) is -1.53. The molecule has 1 aromatic rings. The highest BCUT2D eigenvalue weighted by molar-refractivity contribution is 5.18. The zero-order valence-corrected chi connectivity index (χ0v) is 10.0. The molecular formula is C13H18F2N2. The maximum atomic E-state index is 13.0. The van der Waals surface area contributed by atoms with Crippen molar-refractivity contribution in [1.29, 1.82) is 0 Å². The van der Waals surface area contributed by atoms with Crippen molar-refractivity contribution in [3.05, 3.63) is 35.4 Å². The molecule has 1 saturated heterocycles. The first kappa shape index (κ1) is 12.5. The maximum Gasteiger partial charge on any atom is 0.159 e. The molecule has 1 aliphatic rings. The number of hydrogen-bond donors (Lipinski definition) is 1. The summed E-state index contributed by atoms with van der Waals surface area (Å²) in [6.07, 6.45) is 1.92. The van der Waals surface area contributed by atoms with E-state index in [1.807, 2.05) is 0 Å². The molecule has 2 nitrogen and oxygen atoms in total. The molecule has 4 heteroatoms. The zero-order valence-electron chi connectivity index (χ0n) is 10.0. The van der Waals surface area contributed by atoms with Crippen LogP contribution in [0.3, 0.4) is 0 Å². The molecule has 0 spiro atoms. The van der Waals surface area contributed by atoms with Crippen molar-refractivity contribution in [2.45, 2.75) is 18.9 Å². The van der Waals surface area contributed by atoms with E-state index < -0.39 is 11.6 Å². The van der Waals surface area contributed by atoms with Gasteiger partial charge in [-0.15, -0.1) is 0 Å². The average molecular weight is 240 g/mol. The third-order valence-corrected chi connectivity index (χ3v) is 3.39. The topological polar surface area (TPSA) is 15.3 Å². The van der Waals surface area contributed by atoms with Gasteiger partial charge in [0.1, 0.15) is 0 Å². The van der Waals surface area contributed by atoms with Gasteiger partial charge in [0.25, 0.3) is 0 Å². The van der Waals surface area contributed by atoms with Crippen LogP contribution in [0.4, 0.5) is 8.78 Å². The van der Waals surface area contributed by atoms with E-state index in [-0.39, 0.29) is 0 Å². The Morgan fingerprint density at radius 2 is 2.18 bits per heavy atom. The minimum Gasteiger partial charge on any atom is -0.315 e. The fraction of sp³-hybridized carbons (Fsp3) is 0.538. The van der Waals surface area contributed by atoms with Gasteiger partial charge in [-0.1, -0.05) is 6.07 Å². The van der Waals surface area contributed by atoms with E-state index in [0.29, 0.717) is 6.04 Å². The van der Waals surface area contributed by atoms with Gasteiger partial charge in [-0.2, -0.15) is 0 Å². The van der Waals surface area contributed by atoms with Gasteiger partial charge in [0, 0.05) is 19.1 Å². The van der Waals surface area contributed by atoms with Crippen LogP contribution in [0.15, 0.2) is 18.2 Å². The molecule has 0 amide bonds. The first-order valence-electron chi connectivity index (χ1n) is 6.01. The number of nitrogens with zero attached hydrogens (tertiary/aromatic N) is 1. The van der Waals surface area contributed by atoms with Crippen molar-refractivity contribution in [1.82, 2.24) is 10.2 Å². The van der Waals surface area contributed by atoms with E-state index in [0.717, 1.165) is 38.0 Å². The fourth-order valence-electron chi connectivity index (χ4n) is 2.20. The highest BCUT2D eigenvalue weighted by Crippen LogP contribution is 2.11. The van der Waals surface area contributed by atoms with Gasteiger partial charge in [-0.05, 0) is 44.1 Å². The van der Waals surface area contributed by atoms with Crippen molar-refractivity contribution < 1.29 is 8.78 Å². The van der Waals surface area contributed by atoms with E-state index in [9.17, 15) is 8.78 Å². The first-order valence-corrected chi connectivity index (χ1v) is 6.01. The van der Waals surface area contributed by atoms with Crippen LogP contribution in [0, 0.1) is 11.6 Å². The Balaban J connectivity index is 1.86. The van der Waals surface area contributed by atoms with Gasteiger partial charge in [-0.3, -0.25) is 0 Å². The summed E-state index contributed by atoms with van der Waals surface area (Å²) >= 11 is 0. The molecule has 0 aromatic heterocycles. The number of benzene rings is 1. The van der Waals surface area contributed by atoms with E-state index >= 15 is 0 Å². The lowest BCUT2D eigenvalue weighted by molar-refractivity contribution is 0.260. The number of hydrogen-bond acceptors (Lipinski definition) is 2. The minimum atomic E-state index is -0.776. The number of rotatable bonds is 4. The number of nitrogens with one attached hydrogen (secondary N) is 1. The molecular weight excluding hydrogens is 222 g/mol. The van der Waals surface area contributed by atoms with Crippen molar-refractivity contribution in [2.24, 2.45) is 0 Å². The first-order chi connectivity index (χ1) is 8.16. The van der Waals surface area contributed by atoms with Crippen molar-refractivity contribution in [2.75, 3.05) is 26.7 Å². The van der Waals surface area contributed by atoms with Crippen LogP contribution >= 0.6 is 0 Å². The maximum absolute atomic E-state index is 13.0. The van der Waals surface area contributed by atoms with Crippen molar-refractivity contribution in [3.8, 4) is 0 Å². The second-order valence-electron chi connectivity index (χ2n) is 4.63. The van der Waals surface area contributed by atoms with Crippen LogP contribution in [-0.4, -0.2) is 37.6 Å². The van der Waals surface area contributed by atoms with E-state index in [4.69, 9.17) is 0 Å². The quantitative estimate of drug-likeness (QED) is 0.863. The molecule has 1 N–H and O–H groups in total. The van der Waals surface area contributed by atoms with Crippen molar-refractivity contribution in [3.63, 3.8) is 0 Å². The lowest BCUT2D eigenvalue weighted by atomic mass is 10.1. The summed E-state index contributed by atoms with van der Waals surface area (Å²) in [5.41, 5.74) is 0.849. The van der Waals surface area contributed by atoms with E-state index in [1.54, 1.807) is 6.07 Å². The number of halogens is 2. The monoisotopic (exact) mass is 240 g/mol. The van der Waals surface area contributed by atoms with Crippen molar-refractivity contribution >= 4 is 0 Å². The summed E-state index contributed by atoms with van der Waals surface area (Å²) in [4.78, 5) is 2.28. The second kappa shape index (κ2) is 5.56. The predicted molar refractivity (Wildman–Crippen MR) is 64.0 cm³/mol. The largest absolute Gasteiger partial charge is 0.315 e. The van der Waals surface area contributed by atoms with Gasteiger partial charge in [-0.25, -0.2) is 8.78 Å². The lowest BCUT2D eigenvalue weighted by Crippen LogP contribution is -2.34. The summed E-state index contributed by atoms with van der Waals surface area (Å²) in [6, 6.07) is 4.71. The normalized spacial score (nSPS) is 20.1. The fourth-order valence-corrected chi connectivity index (χ4v) is 2.20. The molecule has 1 aliphatic heterocycles. The Bertz CT molecular complexity index is 376. The van der Waals surface area contributed by atoms with E-state index in [2.05, 4.69) is 17.3 Å². The van der Waals surface area contributed by atoms with Gasteiger partial charge < -0.3 is 10.2 Å². The molecule has 1 aromatic carbocycles. The highest BCUT2D eigenvalue weighted by atomic mass is 19.2. The third-order valence-electron chi connectivity index (χ3n) is 3.39. The molecule has 0 aliphatic carbocycles. The summed E-state index contributed by atoms with van der Waals surface area (Å²) in [5, 5.41) is 3.32. The molecule has 1 unspecified atom stereocenters. The molecule has 2 rings (SSSR count). The summed E-state index contributed by atoms with van der Waals surface area (Å²) in [7, 11) is 2.08. The van der Waals surface area contributed by atoms with Gasteiger partial charge in [0.2, 0.25) is 0 Å². The standard InChI is InChI=1S/C13H18F2N2/c1-17(11-4-6-16-9-11)7-5-10-2-3-12(14)13(15)8-10/h2-3,8,11,16H,4-7,9H2,1H3. The van der Waals surface area contributed by atoms with Crippen LogP contribution in [0.25, 0.3) is 0 Å². The van der Waals surface area contributed by atoms with Crippen LogP contribution in [0.5, 0.6) is 0 Å². The molecule has 1 heterocycles. The SMILES string of the molecule is CN(CCc1ccc(F)c(F)c1)C1CCNC1. The van der Waals surface area contributed by atoms with E-state index in [1.165, 1.54) is 12.1 Å². The lowest BCUT2D eigenvalue weighted by Gasteiger charge is -2.23. The Morgan fingerprint density at radius 1 is 1.35 bits per heavy atom. The van der Waals surface area contributed by atoms with Crippen LogP contribution in [0.1, 0.15) is 12.0 Å². The molecule has 1 atom stereocenters. The Morgan fingerprint density at radius 3 is 2.82 bits per heavy atom. The van der Waals surface area contributed by atoms with Crippen LogP contribution in [-0.2, 0) is 6.42 Å². The molecule has 0 radical (unpaired) electrons. The smallest absolute Gasteiger partial charge is 0.159 e. The Labute approximate surface area is 101 Å². The Hall–Kier alpha value is -1.00. The molecule has 0 bridgehead atoms. The molecule has 94 valence electrons. The predicted octanol–water partition coefficient (Wildman–Crippen LogP) is 1.80. The number of likely N-dealkylation sites (N-methyl/N-ethyl adjacent to an activating group) is 1. The molecule has 1 fully saturated rings. The summed E-state index contributed by atoms with van der Waals surface area (Å²) in [6.45, 7) is 2.96. The van der Waals surface area contributed by atoms with Gasteiger partial charge in [0.15, 0.2) is 11.6 Å². The van der Waals surface area contributed by atoms with Crippen LogP contribution < -0.4 is 5.32 Å². The van der Waals surface area contributed by atoms with Gasteiger partial charge >= 0.3 is 0 Å².